The number of morpholine rings is 1. The molecule has 1 fully saturated rings. The van der Waals surface area contributed by atoms with Crippen LogP contribution in [-0.2, 0) is 19.1 Å². The molecule has 1 atom stereocenters. The highest BCUT2D eigenvalue weighted by atomic mass is 32.2. The zero-order valence-electron chi connectivity index (χ0n) is 12.2. The van der Waals surface area contributed by atoms with Crippen molar-refractivity contribution in [1.29, 1.82) is 0 Å². The van der Waals surface area contributed by atoms with Gasteiger partial charge in [0.25, 0.3) is 0 Å². The molecule has 0 bridgehead atoms. The molecular formula is C13H22N2O5S. The number of aliphatic carboxylic acids is 1. The van der Waals surface area contributed by atoms with E-state index in [1.807, 2.05) is 0 Å². The van der Waals surface area contributed by atoms with E-state index in [0.717, 1.165) is 0 Å². The molecule has 0 aliphatic carbocycles. The quantitative estimate of drug-likeness (QED) is 0.609. The third-order valence-electron chi connectivity index (χ3n) is 3.00. The van der Waals surface area contributed by atoms with E-state index < -0.39 is 12.0 Å². The van der Waals surface area contributed by atoms with Gasteiger partial charge in [0.15, 0.2) is 0 Å². The highest BCUT2D eigenvalue weighted by Crippen LogP contribution is 2.09. The van der Waals surface area contributed by atoms with Gasteiger partial charge in [-0.15, -0.1) is 0 Å². The number of ether oxygens (including phenoxy) is 1. The summed E-state index contributed by atoms with van der Waals surface area (Å²) in [4.78, 5) is 35.4. The number of hydrogen-bond acceptors (Lipinski definition) is 5. The van der Waals surface area contributed by atoms with E-state index in [0.29, 0.717) is 50.7 Å². The number of hydrogen-bond donors (Lipinski definition) is 2. The molecule has 1 aliphatic heterocycles. The summed E-state index contributed by atoms with van der Waals surface area (Å²) in [5, 5.41) is 11.3. The smallest absolute Gasteiger partial charge is 0.327 e. The van der Waals surface area contributed by atoms with E-state index in [1.54, 1.807) is 4.90 Å². The summed E-state index contributed by atoms with van der Waals surface area (Å²) < 4.78 is 5.19. The van der Waals surface area contributed by atoms with Crippen molar-refractivity contribution in [3.63, 3.8) is 0 Å². The van der Waals surface area contributed by atoms with Crippen molar-refractivity contribution < 1.29 is 24.2 Å². The normalized spacial score (nSPS) is 16.3. The van der Waals surface area contributed by atoms with Gasteiger partial charge < -0.3 is 20.1 Å². The van der Waals surface area contributed by atoms with Gasteiger partial charge in [-0.3, -0.25) is 9.59 Å². The van der Waals surface area contributed by atoms with Crippen molar-refractivity contribution in [2.24, 2.45) is 0 Å². The number of carboxylic acids is 1. The molecule has 1 heterocycles. The fourth-order valence-corrected chi connectivity index (χ4v) is 2.89. The maximum atomic E-state index is 11.9. The Balaban J connectivity index is 2.13. The van der Waals surface area contributed by atoms with Gasteiger partial charge in [-0.1, -0.05) is 0 Å². The van der Waals surface area contributed by atoms with Crippen LogP contribution in [0.15, 0.2) is 0 Å². The van der Waals surface area contributed by atoms with Crippen LogP contribution in [-0.4, -0.2) is 71.6 Å². The van der Waals surface area contributed by atoms with E-state index in [4.69, 9.17) is 9.84 Å². The van der Waals surface area contributed by atoms with Crippen molar-refractivity contribution in [3.8, 4) is 0 Å². The van der Waals surface area contributed by atoms with Crippen LogP contribution in [0.4, 0.5) is 0 Å². The predicted molar refractivity (Wildman–Crippen MR) is 79.2 cm³/mol. The second kappa shape index (κ2) is 9.62. The molecule has 0 radical (unpaired) electrons. The summed E-state index contributed by atoms with van der Waals surface area (Å²) in [6.07, 6.45) is 1.16. The number of carbonyl (C=O) groups is 3. The maximum absolute atomic E-state index is 11.9. The first-order chi connectivity index (χ1) is 10.0. The van der Waals surface area contributed by atoms with Gasteiger partial charge in [-0.2, -0.15) is 11.8 Å². The SMILES string of the molecule is CC(=O)N[C@@H](CSCCCC(=O)N1CCOCC1)C(=O)O. The van der Waals surface area contributed by atoms with Crippen molar-refractivity contribution in [1.82, 2.24) is 10.2 Å². The fraction of sp³-hybridized carbons (Fsp3) is 0.769. The Hall–Kier alpha value is -1.28. The van der Waals surface area contributed by atoms with Crippen LogP contribution in [0.2, 0.25) is 0 Å². The van der Waals surface area contributed by atoms with Crippen LogP contribution in [0.3, 0.4) is 0 Å². The second-order valence-corrected chi connectivity index (χ2v) is 5.91. The molecule has 2 N–H and O–H groups in total. The monoisotopic (exact) mass is 318 g/mol. The van der Waals surface area contributed by atoms with E-state index in [1.165, 1.54) is 18.7 Å². The Morgan fingerprint density at radius 1 is 1.33 bits per heavy atom. The van der Waals surface area contributed by atoms with Crippen molar-refractivity contribution in [2.75, 3.05) is 37.8 Å². The molecule has 120 valence electrons. The zero-order chi connectivity index (χ0) is 15.7. The lowest BCUT2D eigenvalue weighted by molar-refractivity contribution is -0.140. The Kier molecular flexibility index (Phi) is 8.14. The summed E-state index contributed by atoms with van der Waals surface area (Å²) >= 11 is 1.43. The van der Waals surface area contributed by atoms with Gasteiger partial charge in [0, 0.05) is 32.2 Å². The lowest BCUT2D eigenvalue weighted by Crippen LogP contribution is -2.41. The number of nitrogens with one attached hydrogen (secondary N) is 1. The summed E-state index contributed by atoms with van der Waals surface area (Å²) in [5.74, 6) is -0.275. The molecule has 0 spiro atoms. The molecule has 1 rings (SSSR count). The lowest BCUT2D eigenvalue weighted by Gasteiger charge is -2.26. The maximum Gasteiger partial charge on any atom is 0.327 e. The Morgan fingerprint density at radius 2 is 2.00 bits per heavy atom. The molecule has 2 amide bonds. The van der Waals surface area contributed by atoms with Gasteiger partial charge in [0.1, 0.15) is 6.04 Å². The molecule has 0 aromatic heterocycles. The average molecular weight is 318 g/mol. The number of thioether (sulfide) groups is 1. The third kappa shape index (κ3) is 7.33. The molecule has 7 nitrogen and oxygen atoms in total. The largest absolute Gasteiger partial charge is 0.480 e. The predicted octanol–water partition coefficient (Wildman–Crippen LogP) is -0.0521. The molecule has 1 aliphatic rings. The van der Waals surface area contributed by atoms with Gasteiger partial charge in [0.05, 0.1) is 13.2 Å². The first-order valence-corrected chi connectivity index (χ1v) is 8.09. The zero-order valence-corrected chi connectivity index (χ0v) is 13.0. The highest BCUT2D eigenvalue weighted by molar-refractivity contribution is 7.99. The Labute approximate surface area is 128 Å². The van der Waals surface area contributed by atoms with Crippen LogP contribution in [0.1, 0.15) is 19.8 Å². The standard InChI is InChI=1S/C13H22N2O5S/c1-10(16)14-11(13(18)19)9-21-8-2-3-12(17)15-4-6-20-7-5-15/h11H,2-9H2,1H3,(H,14,16)(H,18,19)/t11-/m0/s1. The van der Waals surface area contributed by atoms with Crippen molar-refractivity contribution in [2.45, 2.75) is 25.8 Å². The first kappa shape index (κ1) is 17.8. The van der Waals surface area contributed by atoms with E-state index in [-0.39, 0.29) is 11.8 Å². The van der Waals surface area contributed by atoms with E-state index >= 15 is 0 Å². The minimum Gasteiger partial charge on any atom is -0.480 e. The summed E-state index contributed by atoms with van der Waals surface area (Å²) in [7, 11) is 0. The molecule has 1 saturated heterocycles. The first-order valence-electron chi connectivity index (χ1n) is 6.94. The number of carbonyl (C=O) groups excluding carboxylic acids is 2. The lowest BCUT2D eigenvalue weighted by atomic mass is 10.3. The molecule has 0 aromatic rings. The van der Waals surface area contributed by atoms with Crippen LogP contribution in [0, 0.1) is 0 Å². The van der Waals surface area contributed by atoms with E-state index in [9.17, 15) is 14.4 Å². The number of carboxylic acid groups (broad SMARTS) is 1. The van der Waals surface area contributed by atoms with Crippen LogP contribution in [0.5, 0.6) is 0 Å². The molecule has 8 heteroatoms. The minimum absolute atomic E-state index is 0.121. The summed E-state index contributed by atoms with van der Waals surface area (Å²) in [6.45, 7) is 3.78. The van der Waals surface area contributed by atoms with Gasteiger partial charge in [-0.05, 0) is 12.2 Å². The highest BCUT2D eigenvalue weighted by Gasteiger charge is 2.19. The number of rotatable bonds is 8. The molecule has 0 aromatic carbocycles. The fourth-order valence-electron chi connectivity index (χ4n) is 1.92. The van der Waals surface area contributed by atoms with Gasteiger partial charge in [-0.25, -0.2) is 4.79 Å². The van der Waals surface area contributed by atoms with E-state index in [2.05, 4.69) is 5.32 Å². The van der Waals surface area contributed by atoms with Crippen molar-refractivity contribution >= 4 is 29.5 Å². The summed E-state index contributed by atoms with van der Waals surface area (Å²) in [6, 6.07) is -0.873. The molecule has 0 unspecified atom stereocenters. The van der Waals surface area contributed by atoms with Gasteiger partial charge in [0.2, 0.25) is 11.8 Å². The topological polar surface area (TPSA) is 95.9 Å². The van der Waals surface area contributed by atoms with Crippen LogP contribution in [0.25, 0.3) is 0 Å². The van der Waals surface area contributed by atoms with Gasteiger partial charge >= 0.3 is 5.97 Å². The minimum atomic E-state index is -1.04. The molecular weight excluding hydrogens is 296 g/mol. The molecule has 21 heavy (non-hydrogen) atoms. The summed E-state index contributed by atoms with van der Waals surface area (Å²) in [5.41, 5.74) is 0. The Morgan fingerprint density at radius 3 is 2.57 bits per heavy atom. The third-order valence-corrected chi connectivity index (χ3v) is 4.15. The number of nitrogens with zero attached hydrogens (tertiary/aromatic N) is 1. The average Bonchev–Trinajstić information content (AvgIpc) is 2.45. The second-order valence-electron chi connectivity index (χ2n) is 4.76. The Bertz CT molecular complexity index is 372. The van der Waals surface area contributed by atoms with Crippen molar-refractivity contribution in [3.05, 3.63) is 0 Å². The van der Waals surface area contributed by atoms with Crippen LogP contribution < -0.4 is 5.32 Å². The number of amides is 2. The molecule has 0 saturated carbocycles. The van der Waals surface area contributed by atoms with Crippen LogP contribution >= 0.6 is 11.8 Å².